The lowest BCUT2D eigenvalue weighted by atomic mass is 9.91. The van der Waals surface area contributed by atoms with Gasteiger partial charge in [0.15, 0.2) is 17.5 Å². The Hall–Kier alpha value is -9.23. The van der Waals surface area contributed by atoms with Crippen molar-refractivity contribution < 1.29 is 0 Å². The summed E-state index contributed by atoms with van der Waals surface area (Å²) in [6.45, 7) is 4.32. The summed E-state index contributed by atoms with van der Waals surface area (Å²) in [5, 5.41) is 22.1. The Bertz CT molecular complexity index is 3520. The zero-order valence-corrected chi connectivity index (χ0v) is 36.8. The van der Waals surface area contributed by atoms with E-state index in [0.717, 1.165) is 77.6 Å². The number of hydrogen-bond donors (Lipinski definition) is 0. The van der Waals surface area contributed by atoms with Crippen LogP contribution < -0.4 is 0 Å². The zero-order valence-electron chi connectivity index (χ0n) is 36.8. The molecule has 0 aliphatic rings. The molecule has 0 saturated carbocycles. The van der Waals surface area contributed by atoms with E-state index in [9.17, 15) is 10.5 Å². The fraction of sp³-hybridized carbons (Fsp3) is 0.0328. The molecule has 2 aromatic heterocycles. The molecule has 0 spiro atoms. The number of hydrogen-bond acceptors (Lipinski definition) is 5. The van der Waals surface area contributed by atoms with Crippen LogP contribution in [0.15, 0.2) is 206 Å². The van der Waals surface area contributed by atoms with Crippen molar-refractivity contribution in [2.45, 2.75) is 13.8 Å². The Labute approximate surface area is 389 Å². The SMILES string of the molecule is Cc1ccccc1-c1ccc2c(c1)c1cc(-c3ccccc3C)ccc1n2-c1c(-c2ccc(C#N)cc2)cc(-c2nc(-c3ccccc3)nc(-c3ccccc3)n2)cc1-c1ccc(C#N)cc1. The normalized spacial score (nSPS) is 11.1. The molecule has 67 heavy (non-hydrogen) atoms. The molecule has 0 saturated heterocycles. The number of nitriles is 2. The highest BCUT2D eigenvalue weighted by atomic mass is 15.0. The molecule has 0 N–H and O–H groups in total. The van der Waals surface area contributed by atoms with E-state index in [1.807, 2.05) is 109 Å². The van der Waals surface area contributed by atoms with Gasteiger partial charge < -0.3 is 4.57 Å². The monoisotopic (exact) mass is 856 g/mol. The molecule has 11 aromatic rings. The number of aromatic nitrogens is 4. The molecule has 11 rings (SSSR count). The van der Waals surface area contributed by atoms with E-state index < -0.39 is 0 Å². The molecular formula is C61H40N6. The van der Waals surface area contributed by atoms with Gasteiger partial charge in [0.2, 0.25) is 0 Å². The predicted octanol–water partition coefficient (Wildman–Crippen LogP) is 15.0. The van der Waals surface area contributed by atoms with Crippen molar-refractivity contribution >= 4 is 21.8 Å². The molecule has 0 radical (unpaired) electrons. The molecule has 0 atom stereocenters. The van der Waals surface area contributed by atoms with Crippen LogP contribution in [0.1, 0.15) is 22.3 Å². The molecule has 6 heteroatoms. The van der Waals surface area contributed by atoms with Crippen molar-refractivity contribution in [3.8, 4) is 96.5 Å². The lowest BCUT2D eigenvalue weighted by molar-refractivity contribution is 1.07. The first-order valence-corrected chi connectivity index (χ1v) is 22.2. The summed E-state index contributed by atoms with van der Waals surface area (Å²) in [7, 11) is 0. The van der Waals surface area contributed by atoms with Gasteiger partial charge in [-0.2, -0.15) is 10.5 Å². The van der Waals surface area contributed by atoms with Gasteiger partial charge in [0.1, 0.15) is 0 Å². The fourth-order valence-electron chi connectivity index (χ4n) is 9.22. The number of rotatable bonds is 8. The average Bonchev–Trinajstić information content (AvgIpc) is 3.71. The van der Waals surface area contributed by atoms with E-state index in [1.165, 1.54) is 22.3 Å². The van der Waals surface area contributed by atoms with Crippen molar-refractivity contribution in [2.75, 3.05) is 0 Å². The molecule has 9 aromatic carbocycles. The minimum atomic E-state index is 0.511. The van der Waals surface area contributed by atoms with E-state index in [1.54, 1.807) is 0 Å². The summed E-state index contributed by atoms with van der Waals surface area (Å²) in [4.78, 5) is 15.4. The third-order valence-corrected chi connectivity index (χ3v) is 12.6. The van der Waals surface area contributed by atoms with Crippen molar-refractivity contribution in [3.05, 3.63) is 229 Å². The van der Waals surface area contributed by atoms with Crippen LogP contribution in [0.5, 0.6) is 0 Å². The average molecular weight is 857 g/mol. The minimum Gasteiger partial charge on any atom is -0.308 e. The van der Waals surface area contributed by atoms with Crippen LogP contribution in [-0.2, 0) is 0 Å². The third-order valence-electron chi connectivity index (χ3n) is 12.6. The van der Waals surface area contributed by atoms with E-state index in [2.05, 4.69) is 128 Å². The van der Waals surface area contributed by atoms with E-state index >= 15 is 0 Å². The summed E-state index contributed by atoms with van der Waals surface area (Å²) in [5.41, 5.74) is 17.4. The second-order valence-corrected chi connectivity index (χ2v) is 16.8. The Balaban J connectivity index is 1.26. The first-order valence-electron chi connectivity index (χ1n) is 22.2. The van der Waals surface area contributed by atoms with Gasteiger partial charge in [-0.05, 0) is 119 Å². The Morgan fingerprint density at radius 1 is 0.343 bits per heavy atom. The summed E-state index contributed by atoms with van der Waals surface area (Å²) < 4.78 is 2.39. The third kappa shape index (κ3) is 7.49. The van der Waals surface area contributed by atoms with Gasteiger partial charge in [0.05, 0.1) is 40.0 Å². The smallest absolute Gasteiger partial charge is 0.164 e. The molecular weight excluding hydrogens is 817 g/mol. The second-order valence-electron chi connectivity index (χ2n) is 16.8. The largest absolute Gasteiger partial charge is 0.308 e. The molecule has 0 aliphatic heterocycles. The van der Waals surface area contributed by atoms with Crippen LogP contribution in [0, 0.1) is 36.5 Å². The molecule has 6 nitrogen and oxygen atoms in total. The molecule has 2 heterocycles. The molecule has 314 valence electrons. The van der Waals surface area contributed by atoms with Gasteiger partial charge in [-0.25, -0.2) is 15.0 Å². The fourth-order valence-corrected chi connectivity index (χ4v) is 9.22. The Kier molecular flexibility index (Phi) is 10.3. The summed E-state index contributed by atoms with van der Waals surface area (Å²) in [6, 6.07) is 75.1. The van der Waals surface area contributed by atoms with Gasteiger partial charge in [-0.3, -0.25) is 0 Å². The lowest BCUT2D eigenvalue weighted by Gasteiger charge is -2.21. The van der Waals surface area contributed by atoms with E-state index in [-0.39, 0.29) is 0 Å². The first-order chi connectivity index (χ1) is 32.9. The van der Waals surface area contributed by atoms with E-state index in [0.29, 0.717) is 28.6 Å². The first kappa shape index (κ1) is 40.5. The molecule has 0 unspecified atom stereocenters. The predicted molar refractivity (Wildman–Crippen MR) is 271 cm³/mol. The van der Waals surface area contributed by atoms with Crippen molar-refractivity contribution in [2.24, 2.45) is 0 Å². The van der Waals surface area contributed by atoms with Crippen LogP contribution in [0.4, 0.5) is 0 Å². The van der Waals surface area contributed by atoms with Gasteiger partial charge in [0, 0.05) is 38.6 Å². The maximum atomic E-state index is 9.95. The molecule has 0 aliphatic carbocycles. The highest BCUT2D eigenvalue weighted by Crippen LogP contribution is 2.45. The maximum absolute atomic E-state index is 9.95. The van der Waals surface area contributed by atoms with Gasteiger partial charge in [-0.1, -0.05) is 146 Å². The summed E-state index contributed by atoms with van der Waals surface area (Å²) in [5.74, 6) is 1.63. The van der Waals surface area contributed by atoms with Crippen LogP contribution in [0.3, 0.4) is 0 Å². The summed E-state index contributed by atoms with van der Waals surface area (Å²) in [6.07, 6.45) is 0. The molecule has 0 amide bonds. The Morgan fingerprint density at radius 2 is 0.716 bits per heavy atom. The van der Waals surface area contributed by atoms with Gasteiger partial charge in [0.25, 0.3) is 0 Å². The van der Waals surface area contributed by atoms with Crippen LogP contribution in [0.25, 0.3) is 106 Å². The number of nitrogens with zero attached hydrogens (tertiary/aromatic N) is 6. The van der Waals surface area contributed by atoms with Gasteiger partial charge >= 0.3 is 0 Å². The van der Waals surface area contributed by atoms with Crippen molar-refractivity contribution in [1.82, 2.24) is 19.5 Å². The Morgan fingerprint density at radius 3 is 1.12 bits per heavy atom. The highest BCUT2D eigenvalue weighted by molar-refractivity contribution is 6.13. The minimum absolute atomic E-state index is 0.511. The van der Waals surface area contributed by atoms with Crippen molar-refractivity contribution in [3.63, 3.8) is 0 Å². The molecule has 0 bridgehead atoms. The van der Waals surface area contributed by atoms with Crippen molar-refractivity contribution in [1.29, 1.82) is 10.5 Å². The number of benzene rings is 9. The van der Waals surface area contributed by atoms with Crippen LogP contribution in [0.2, 0.25) is 0 Å². The standard InChI is InChI=1S/C61H40N6/c1-39-13-9-11-19-50(39)47-29-31-56-54(33-47)55-34-48(51-20-12-10-14-40(51)2)30-32-57(55)67(56)58-52(43-25-21-41(37-62)22-26-43)35-49(36-53(58)44-27-23-42(38-63)24-28-44)61-65-59(45-15-5-3-6-16-45)64-60(66-61)46-17-7-4-8-18-46/h3-36H,1-2H3. The van der Waals surface area contributed by atoms with E-state index in [4.69, 9.17) is 15.0 Å². The lowest BCUT2D eigenvalue weighted by Crippen LogP contribution is -2.04. The van der Waals surface area contributed by atoms with Crippen LogP contribution in [-0.4, -0.2) is 19.5 Å². The second kappa shape index (κ2) is 17.0. The number of fused-ring (bicyclic) bond motifs is 3. The number of aryl methyl sites for hydroxylation is 2. The quantitative estimate of drug-likeness (QED) is 0.152. The van der Waals surface area contributed by atoms with Gasteiger partial charge in [-0.15, -0.1) is 0 Å². The zero-order chi connectivity index (χ0) is 45.4. The molecule has 0 fully saturated rings. The highest BCUT2D eigenvalue weighted by Gasteiger charge is 2.24. The maximum Gasteiger partial charge on any atom is 0.164 e. The topological polar surface area (TPSA) is 91.2 Å². The summed E-state index contributed by atoms with van der Waals surface area (Å²) >= 11 is 0. The van der Waals surface area contributed by atoms with Crippen LogP contribution >= 0.6 is 0 Å².